The number of hydrogen-bond donors (Lipinski definition) is 0. The van der Waals surface area contributed by atoms with Crippen molar-refractivity contribution < 1.29 is 4.42 Å². The van der Waals surface area contributed by atoms with Gasteiger partial charge in [-0.3, -0.25) is 0 Å². The zero-order valence-electron chi connectivity index (χ0n) is 10.3. The molecule has 0 radical (unpaired) electrons. The summed E-state index contributed by atoms with van der Waals surface area (Å²) in [5.41, 5.74) is 3.65. The topological polar surface area (TPSA) is 13.1 Å². The lowest BCUT2D eigenvalue weighted by Crippen LogP contribution is -1.90. The number of halogens is 1. The van der Waals surface area contributed by atoms with E-state index in [0.29, 0.717) is 0 Å². The van der Waals surface area contributed by atoms with Crippen LogP contribution in [0.25, 0.3) is 11.1 Å². The van der Waals surface area contributed by atoms with E-state index >= 15 is 0 Å². The predicted molar refractivity (Wildman–Crippen MR) is 81.4 cm³/mol. The van der Waals surface area contributed by atoms with Crippen LogP contribution in [0.4, 0.5) is 0 Å². The molecule has 94 valence electrons. The molecule has 0 fully saturated rings. The molecule has 1 unspecified atom stereocenters. The molecule has 0 saturated heterocycles. The van der Waals surface area contributed by atoms with Crippen LogP contribution in [-0.2, 0) is 0 Å². The summed E-state index contributed by atoms with van der Waals surface area (Å²) in [5, 5.41) is 0. The van der Waals surface area contributed by atoms with Gasteiger partial charge in [0.15, 0.2) is 0 Å². The molecule has 2 heteroatoms. The SMILES string of the molecule is BrC(c1ccc(-c2ccccc2)cc1)c1ccco1. The summed E-state index contributed by atoms with van der Waals surface area (Å²) < 4.78 is 5.42. The first kappa shape index (κ1) is 12.2. The number of furan rings is 1. The number of benzene rings is 2. The molecule has 1 aromatic heterocycles. The second kappa shape index (κ2) is 5.45. The molecular formula is C17H13BrO. The highest BCUT2D eigenvalue weighted by atomic mass is 79.9. The Balaban J connectivity index is 1.87. The fourth-order valence-corrected chi connectivity index (χ4v) is 2.64. The van der Waals surface area contributed by atoms with Crippen LogP contribution >= 0.6 is 15.9 Å². The summed E-state index contributed by atoms with van der Waals surface area (Å²) in [7, 11) is 0. The van der Waals surface area contributed by atoms with Crippen molar-refractivity contribution in [1.29, 1.82) is 0 Å². The molecule has 19 heavy (non-hydrogen) atoms. The summed E-state index contributed by atoms with van der Waals surface area (Å²) in [4.78, 5) is 0.104. The Hall–Kier alpha value is -1.80. The van der Waals surface area contributed by atoms with Crippen LogP contribution in [0.3, 0.4) is 0 Å². The molecule has 0 aliphatic rings. The largest absolute Gasteiger partial charge is 0.468 e. The maximum Gasteiger partial charge on any atom is 0.121 e. The van der Waals surface area contributed by atoms with Crippen LogP contribution in [-0.4, -0.2) is 0 Å². The van der Waals surface area contributed by atoms with Crippen molar-refractivity contribution in [3.8, 4) is 11.1 Å². The second-order valence-corrected chi connectivity index (χ2v) is 5.28. The molecule has 0 bridgehead atoms. The lowest BCUT2D eigenvalue weighted by molar-refractivity contribution is 0.519. The molecule has 0 amide bonds. The van der Waals surface area contributed by atoms with Crippen LogP contribution in [0.5, 0.6) is 0 Å². The second-order valence-electron chi connectivity index (χ2n) is 4.37. The minimum Gasteiger partial charge on any atom is -0.468 e. The van der Waals surface area contributed by atoms with Gasteiger partial charge >= 0.3 is 0 Å². The predicted octanol–water partition coefficient (Wildman–Crippen LogP) is 5.43. The molecule has 1 nitrogen and oxygen atoms in total. The van der Waals surface area contributed by atoms with Gasteiger partial charge in [-0.25, -0.2) is 0 Å². The Morgan fingerprint density at radius 2 is 1.42 bits per heavy atom. The summed E-state index contributed by atoms with van der Waals surface area (Å²) in [6.45, 7) is 0. The molecule has 1 atom stereocenters. The van der Waals surface area contributed by atoms with Crippen molar-refractivity contribution >= 4 is 15.9 Å². The van der Waals surface area contributed by atoms with Gasteiger partial charge in [0.2, 0.25) is 0 Å². The quantitative estimate of drug-likeness (QED) is 0.588. The standard InChI is InChI=1S/C17H13BrO/c18-17(16-7-4-12-19-16)15-10-8-14(9-11-15)13-5-2-1-3-6-13/h1-12,17H. The van der Waals surface area contributed by atoms with Gasteiger partial charge in [-0.15, -0.1) is 0 Å². The van der Waals surface area contributed by atoms with Gasteiger partial charge in [-0.05, 0) is 28.8 Å². The molecule has 1 heterocycles. The average Bonchev–Trinajstić information content (AvgIpc) is 3.02. The van der Waals surface area contributed by atoms with E-state index in [2.05, 4.69) is 64.5 Å². The van der Waals surface area contributed by atoms with E-state index in [1.807, 2.05) is 18.2 Å². The van der Waals surface area contributed by atoms with Gasteiger partial charge in [0.1, 0.15) is 5.76 Å². The van der Waals surface area contributed by atoms with Crippen LogP contribution in [0.2, 0.25) is 0 Å². The molecule has 0 aliphatic heterocycles. The lowest BCUT2D eigenvalue weighted by Gasteiger charge is -2.08. The summed E-state index contributed by atoms with van der Waals surface area (Å²) in [6.07, 6.45) is 1.70. The number of alkyl halides is 1. The van der Waals surface area contributed by atoms with E-state index in [-0.39, 0.29) is 4.83 Å². The first-order chi connectivity index (χ1) is 9.34. The van der Waals surface area contributed by atoms with E-state index in [1.54, 1.807) is 6.26 Å². The van der Waals surface area contributed by atoms with Gasteiger partial charge < -0.3 is 4.42 Å². The molecule has 0 saturated carbocycles. The van der Waals surface area contributed by atoms with Gasteiger partial charge in [0, 0.05) is 0 Å². The van der Waals surface area contributed by atoms with Crippen LogP contribution in [0.15, 0.2) is 77.4 Å². The third-order valence-corrected chi connectivity index (χ3v) is 4.08. The zero-order valence-corrected chi connectivity index (χ0v) is 11.9. The summed E-state index contributed by atoms with van der Waals surface area (Å²) in [6, 6.07) is 22.8. The summed E-state index contributed by atoms with van der Waals surface area (Å²) in [5.74, 6) is 0.924. The lowest BCUT2D eigenvalue weighted by atomic mass is 10.0. The van der Waals surface area contributed by atoms with Crippen molar-refractivity contribution in [1.82, 2.24) is 0 Å². The van der Waals surface area contributed by atoms with E-state index in [9.17, 15) is 0 Å². The zero-order chi connectivity index (χ0) is 13.1. The Labute approximate surface area is 121 Å². The highest BCUT2D eigenvalue weighted by Crippen LogP contribution is 2.32. The number of rotatable bonds is 3. The maximum atomic E-state index is 5.42. The molecule has 2 aromatic carbocycles. The molecule has 0 spiro atoms. The van der Waals surface area contributed by atoms with Crippen molar-refractivity contribution in [3.63, 3.8) is 0 Å². The highest BCUT2D eigenvalue weighted by Gasteiger charge is 2.12. The third kappa shape index (κ3) is 2.64. The van der Waals surface area contributed by atoms with Gasteiger partial charge in [-0.1, -0.05) is 70.5 Å². The Bertz CT molecular complexity index is 627. The minimum atomic E-state index is 0.104. The Morgan fingerprint density at radius 3 is 2.05 bits per heavy atom. The fourth-order valence-electron chi connectivity index (χ4n) is 2.07. The van der Waals surface area contributed by atoms with E-state index in [4.69, 9.17) is 4.42 Å². The molecular weight excluding hydrogens is 300 g/mol. The smallest absolute Gasteiger partial charge is 0.121 e. The van der Waals surface area contributed by atoms with Gasteiger partial charge in [0.05, 0.1) is 11.1 Å². The van der Waals surface area contributed by atoms with Gasteiger partial charge in [0.25, 0.3) is 0 Å². The van der Waals surface area contributed by atoms with E-state index in [0.717, 1.165) is 5.76 Å². The highest BCUT2D eigenvalue weighted by molar-refractivity contribution is 9.09. The summed E-state index contributed by atoms with van der Waals surface area (Å²) >= 11 is 3.66. The van der Waals surface area contributed by atoms with Gasteiger partial charge in [-0.2, -0.15) is 0 Å². The monoisotopic (exact) mass is 312 g/mol. The molecule has 0 N–H and O–H groups in total. The Morgan fingerprint density at radius 1 is 0.737 bits per heavy atom. The van der Waals surface area contributed by atoms with Crippen LogP contribution in [0.1, 0.15) is 16.2 Å². The van der Waals surface area contributed by atoms with E-state index in [1.165, 1.54) is 16.7 Å². The third-order valence-electron chi connectivity index (χ3n) is 3.10. The average molecular weight is 313 g/mol. The van der Waals surface area contributed by atoms with Crippen LogP contribution in [0, 0.1) is 0 Å². The van der Waals surface area contributed by atoms with Crippen molar-refractivity contribution in [3.05, 3.63) is 84.3 Å². The fraction of sp³-hybridized carbons (Fsp3) is 0.0588. The molecule has 0 aliphatic carbocycles. The number of hydrogen-bond acceptors (Lipinski definition) is 1. The minimum absolute atomic E-state index is 0.104. The molecule has 3 aromatic rings. The van der Waals surface area contributed by atoms with Crippen molar-refractivity contribution in [2.75, 3.05) is 0 Å². The normalized spacial score (nSPS) is 12.3. The first-order valence-corrected chi connectivity index (χ1v) is 7.09. The molecule has 3 rings (SSSR count). The van der Waals surface area contributed by atoms with Crippen molar-refractivity contribution in [2.24, 2.45) is 0 Å². The van der Waals surface area contributed by atoms with E-state index < -0.39 is 0 Å². The van der Waals surface area contributed by atoms with Crippen molar-refractivity contribution in [2.45, 2.75) is 4.83 Å². The maximum absolute atomic E-state index is 5.42. The van der Waals surface area contributed by atoms with Crippen LogP contribution < -0.4 is 0 Å². The first-order valence-electron chi connectivity index (χ1n) is 6.17. The Kier molecular flexibility index (Phi) is 3.51.